The summed E-state index contributed by atoms with van der Waals surface area (Å²) in [7, 11) is 0. The van der Waals surface area contributed by atoms with Crippen molar-refractivity contribution in [1.82, 2.24) is 0 Å². The molecule has 0 saturated carbocycles. The van der Waals surface area contributed by atoms with Gasteiger partial charge < -0.3 is 9.52 Å². The third-order valence-electron chi connectivity index (χ3n) is 2.54. The first kappa shape index (κ1) is 9.99. The van der Waals surface area contributed by atoms with Crippen LogP contribution in [0.15, 0.2) is 47.1 Å². The fourth-order valence-corrected chi connectivity index (χ4v) is 1.72. The average Bonchev–Trinajstić information content (AvgIpc) is 2.81. The molecule has 0 saturated heterocycles. The van der Waals surface area contributed by atoms with Gasteiger partial charge in [-0.3, -0.25) is 0 Å². The molecular weight excluding hydrogens is 188 g/mol. The van der Waals surface area contributed by atoms with Gasteiger partial charge in [0.25, 0.3) is 0 Å². The molecule has 0 amide bonds. The number of rotatable bonds is 3. The molecule has 0 unspecified atom stereocenters. The summed E-state index contributed by atoms with van der Waals surface area (Å²) in [5.41, 5.74) is 2.08. The van der Waals surface area contributed by atoms with Gasteiger partial charge in [-0.05, 0) is 29.7 Å². The van der Waals surface area contributed by atoms with Gasteiger partial charge in [-0.1, -0.05) is 31.2 Å². The summed E-state index contributed by atoms with van der Waals surface area (Å²) in [5.74, 6) is 0.593. The minimum atomic E-state index is -0.656. The van der Waals surface area contributed by atoms with Crippen molar-refractivity contribution in [3.63, 3.8) is 0 Å². The van der Waals surface area contributed by atoms with Crippen LogP contribution in [-0.2, 0) is 6.42 Å². The number of aryl methyl sites for hydroxylation is 1. The first-order valence-electron chi connectivity index (χ1n) is 5.12. The molecule has 1 N–H and O–H groups in total. The highest BCUT2D eigenvalue weighted by Gasteiger charge is 2.15. The number of hydrogen-bond donors (Lipinski definition) is 1. The second-order valence-electron chi connectivity index (χ2n) is 3.47. The molecule has 1 atom stereocenters. The molecule has 1 aromatic carbocycles. The van der Waals surface area contributed by atoms with E-state index in [0.29, 0.717) is 5.76 Å². The molecule has 1 heterocycles. The van der Waals surface area contributed by atoms with Crippen LogP contribution in [0.25, 0.3) is 0 Å². The van der Waals surface area contributed by atoms with Crippen molar-refractivity contribution >= 4 is 0 Å². The average molecular weight is 202 g/mol. The Kier molecular flexibility index (Phi) is 2.88. The minimum absolute atomic E-state index is 0.593. The first-order valence-corrected chi connectivity index (χ1v) is 5.12. The van der Waals surface area contributed by atoms with Crippen molar-refractivity contribution in [2.24, 2.45) is 0 Å². The summed E-state index contributed by atoms with van der Waals surface area (Å²) in [5, 5.41) is 10.1. The fourth-order valence-electron chi connectivity index (χ4n) is 1.72. The Morgan fingerprint density at radius 1 is 1.20 bits per heavy atom. The van der Waals surface area contributed by atoms with Crippen molar-refractivity contribution in [2.75, 3.05) is 0 Å². The van der Waals surface area contributed by atoms with E-state index in [4.69, 9.17) is 4.42 Å². The van der Waals surface area contributed by atoms with Crippen LogP contribution in [0, 0.1) is 0 Å². The van der Waals surface area contributed by atoms with Crippen molar-refractivity contribution in [2.45, 2.75) is 19.4 Å². The number of aliphatic hydroxyl groups is 1. The lowest BCUT2D eigenvalue weighted by atomic mass is 9.99. The van der Waals surface area contributed by atoms with Gasteiger partial charge >= 0.3 is 0 Å². The summed E-state index contributed by atoms with van der Waals surface area (Å²) in [4.78, 5) is 0. The van der Waals surface area contributed by atoms with E-state index in [0.717, 1.165) is 17.5 Å². The van der Waals surface area contributed by atoms with Crippen molar-refractivity contribution < 1.29 is 9.52 Å². The van der Waals surface area contributed by atoms with Crippen LogP contribution in [-0.4, -0.2) is 5.11 Å². The van der Waals surface area contributed by atoms with Crippen LogP contribution in [0.2, 0.25) is 0 Å². The van der Waals surface area contributed by atoms with E-state index in [-0.39, 0.29) is 0 Å². The molecule has 0 fully saturated rings. The number of furan rings is 1. The zero-order valence-corrected chi connectivity index (χ0v) is 8.68. The van der Waals surface area contributed by atoms with Gasteiger partial charge in [0.1, 0.15) is 11.9 Å². The number of aliphatic hydroxyl groups excluding tert-OH is 1. The van der Waals surface area contributed by atoms with E-state index in [2.05, 4.69) is 6.92 Å². The standard InChI is InChI=1S/C13H14O2/c1-2-10-6-3-4-7-11(10)13(14)12-8-5-9-15-12/h3-9,13-14H,2H2,1H3/t13-/m1/s1. The normalized spacial score (nSPS) is 12.7. The highest BCUT2D eigenvalue weighted by molar-refractivity contribution is 5.32. The molecule has 0 aliphatic heterocycles. The predicted molar refractivity (Wildman–Crippen MR) is 58.6 cm³/mol. The predicted octanol–water partition coefficient (Wildman–Crippen LogP) is 2.92. The second kappa shape index (κ2) is 4.32. The number of hydrogen-bond acceptors (Lipinski definition) is 2. The molecule has 0 aliphatic carbocycles. The summed E-state index contributed by atoms with van der Waals surface area (Å²) < 4.78 is 5.20. The van der Waals surface area contributed by atoms with Crippen LogP contribution in [0.5, 0.6) is 0 Å². The van der Waals surface area contributed by atoms with Crippen molar-refractivity contribution in [1.29, 1.82) is 0 Å². The Hall–Kier alpha value is -1.54. The maximum Gasteiger partial charge on any atom is 0.137 e. The Morgan fingerprint density at radius 2 is 2.00 bits per heavy atom. The van der Waals surface area contributed by atoms with Gasteiger partial charge in [0.05, 0.1) is 6.26 Å². The van der Waals surface area contributed by atoms with Gasteiger partial charge in [0, 0.05) is 0 Å². The summed E-state index contributed by atoms with van der Waals surface area (Å²) in [6, 6.07) is 11.5. The highest BCUT2D eigenvalue weighted by Crippen LogP contribution is 2.25. The largest absolute Gasteiger partial charge is 0.466 e. The first-order chi connectivity index (χ1) is 7.33. The lowest BCUT2D eigenvalue weighted by molar-refractivity contribution is 0.188. The molecular formula is C13H14O2. The molecule has 78 valence electrons. The van der Waals surface area contributed by atoms with Gasteiger partial charge in [-0.15, -0.1) is 0 Å². The Labute approximate surface area is 89.2 Å². The maximum atomic E-state index is 10.1. The molecule has 0 bridgehead atoms. The Bertz CT molecular complexity index is 418. The van der Waals surface area contributed by atoms with E-state index < -0.39 is 6.10 Å². The molecule has 2 rings (SSSR count). The van der Waals surface area contributed by atoms with Crippen LogP contribution in [0.1, 0.15) is 29.9 Å². The molecule has 0 aliphatic rings. The summed E-state index contributed by atoms with van der Waals surface area (Å²) >= 11 is 0. The smallest absolute Gasteiger partial charge is 0.137 e. The van der Waals surface area contributed by atoms with E-state index in [1.807, 2.05) is 24.3 Å². The summed E-state index contributed by atoms with van der Waals surface area (Å²) in [6.45, 7) is 2.08. The molecule has 2 aromatic rings. The topological polar surface area (TPSA) is 33.4 Å². The van der Waals surface area contributed by atoms with Crippen LogP contribution in [0.3, 0.4) is 0 Å². The second-order valence-corrected chi connectivity index (χ2v) is 3.47. The molecule has 1 aromatic heterocycles. The fraction of sp³-hybridized carbons (Fsp3) is 0.231. The molecule has 2 heteroatoms. The Balaban J connectivity index is 2.37. The van der Waals surface area contributed by atoms with E-state index in [1.165, 1.54) is 0 Å². The molecule has 15 heavy (non-hydrogen) atoms. The monoisotopic (exact) mass is 202 g/mol. The Morgan fingerprint density at radius 3 is 2.67 bits per heavy atom. The van der Waals surface area contributed by atoms with Gasteiger partial charge in [-0.2, -0.15) is 0 Å². The molecule has 0 spiro atoms. The zero-order chi connectivity index (χ0) is 10.7. The highest BCUT2D eigenvalue weighted by atomic mass is 16.4. The van der Waals surface area contributed by atoms with Crippen molar-refractivity contribution in [3.8, 4) is 0 Å². The van der Waals surface area contributed by atoms with Gasteiger partial charge in [0.15, 0.2) is 0 Å². The van der Waals surface area contributed by atoms with Gasteiger partial charge in [0.2, 0.25) is 0 Å². The van der Waals surface area contributed by atoms with E-state index >= 15 is 0 Å². The van der Waals surface area contributed by atoms with Crippen molar-refractivity contribution in [3.05, 3.63) is 59.5 Å². The number of benzene rings is 1. The van der Waals surface area contributed by atoms with E-state index in [9.17, 15) is 5.11 Å². The van der Waals surface area contributed by atoms with Crippen LogP contribution < -0.4 is 0 Å². The van der Waals surface area contributed by atoms with Crippen LogP contribution >= 0.6 is 0 Å². The quantitative estimate of drug-likeness (QED) is 0.830. The van der Waals surface area contributed by atoms with Gasteiger partial charge in [-0.25, -0.2) is 0 Å². The third kappa shape index (κ3) is 1.95. The van der Waals surface area contributed by atoms with Crippen LogP contribution in [0.4, 0.5) is 0 Å². The summed E-state index contributed by atoms with van der Waals surface area (Å²) in [6.07, 6.45) is 1.83. The molecule has 2 nitrogen and oxygen atoms in total. The maximum absolute atomic E-state index is 10.1. The zero-order valence-electron chi connectivity index (χ0n) is 8.68. The van der Waals surface area contributed by atoms with E-state index in [1.54, 1.807) is 18.4 Å². The lowest BCUT2D eigenvalue weighted by Gasteiger charge is -2.12. The lowest BCUT2D eigenvalue weighted by Crippen LogP contribution is -2.01. The minimum Gasteiger partial charge on any atom is -0.466 e. The SMILES string of the molecule is CCc1ccccc1[C@@H](O)c1ccco1. The molecule has 0 radical (unpaired) electrons. The third-order valence-corrected chi connectivity index (χ3v) is 2.54.